The van der Waals surface area contributed by atoms with E-state index in [0.717, 1.165) is 38.3 Å². The molecule has 0 aliphatic carbocycles. The van der Waals surface area contributed by atoms with Crippen molar-refractivity contribution in [1.29, 1.82) is 0 Å². The van der Waals surface area contributed by atoms with E-state index in [2.05, 4.69) is 48.3 Å². The molecule has 0 heterocycles. The van der Waals surface area contributed by atoms with Gasteiger partial charge in [-0.2, -0.15) is 0 Å². The first kappa shape index (κ1) is 16.3. The summed E-state index contributed by atoms with van der Waals surface area (Å²) in [7, 11) is 0. The van der Waals surface area contributed by atoms with Crippen LogP contribution in [0.2, 0.25) is 0 Å². The Kier molecular flexibility index (Phi) is 7.27. The first-order valence-electron chi connectivity index (χ1n) is 8.07. The van der Waals surface area contributed by atoms with Gasteiger partial charge in [0.1, 0.15) is 12.3 Å². The zero-order valence-corrected chi connectivity index (χ0v) is 13.2. The van der Waals surface area contributed by atoms with E-state index >= 15 is 0 Å². The van der Waals surface area contributed by atoms with Crippen LogP contribution in [0.1, 0.15) is 24.0 Å². The van der Waals surface area contributed by atoms with Crippen LogP contribution in [0.15, 0.2) is 67.3 Å². The molecule has 0 atom stereocenters. The van der Waals surface area contributed by atoms with Crippen molar-refractivity contribution in [2.75, 3.05) is 13.2 Å². The molecule has 0 bridgehead atoms. The van der Waals surface area contributed by atoms with E-state index in [-0.39, 0.29) is 0 Å². The van der Waals surface area contributed by atoms with E-state index in [1.165, 1.54) is 17.5 Å². The molecule has 22 heavy (non-hydrogen) atoms. The average Bonchev–Trinajstić information content (AvgIpc) is 2.56. The summed E-state index contributed by atoms with van der Waals surface area (Å²) in [4.78, 5) is 0. The monoisotopic (exact) mass is 296 g/mol. The van der Waals surface area contributed by atoms with Gasteiger partial charge in [0.15, 0.2) is 0 Å². The molecule has 2 aromatic rings. The quantitative estimate of drug-likeness (QED) is 0.528. The molecule has 0 amide bonds. The number of hydrogen-bond donors (Lipinski definition) is 1. The first-order valence-corrected chi connectivity index (χ1v) is 8.07. The van der Waals surface area contributed by atoms with Crippen molar-refractivity contribution >= 4 is 0 Å². The van der Waals surface area contributed by atoms with Crippen molar-refractivity contribution in [3.05, 3.63) is 78.4 Å². The third kappa shape index (κ3) is 5.74. The van der Waals surface area contributed by atoms with Crippen LogP contribution in [0, 0.1) is 0 Å². The van der Waals surface area contributed by atoms with E-state index < -0.39 is 0 Å². The summed E-state index contributed by atoms with van der Waals surface area (Å²) in [6.07, 6.45) is 5.05. The van der Waals surface area contributed by atoms with Gasteiger partial charge in [-0.1, -0.05) is 54.6 Å². The van der Waals surface area contributed by atoms with Crippen molar-refractivity contribution in [3.63, 3.8) is 0 Å². The topological polar surface area (TPSA) is 25.8 Å². The summed E-state index contributed by atoms with van der Waals surface area (Å²) in [6, 6.07) is 18.8. The van der Waals surface area contributed by atoms with Gasteiger partial charge in [-0.3, -0.25) is 0 Å². The minimum atomic E-state index is 0.785. The van der Waals surface area contributed by atoms with Crippen LogP contribution in [0.5, 0.6) is 5.75 Å². The molecule has 0 fully saturated rings. The second kappa shape index (κ2) is 9.80. The number of unbranched alkanes of at least 4 members (excludes halogenated alkanes) is 1. The Hall–Kier alpha value is -2.06. The molecule has 0 saturated carbocycles. The predicted octanol–water partition coefficient (Wildman–Crippen LogP) is 3.34. The van der Waals surface area contributed by atoms with Crippen molar-refractivity contribution in [2.45, 2.75) is 25.8 Å². The third-order valence-electron chi connectivity index (χ3n) is 3.62. The van der Waals surface area contributed by atoms with Crippen LogP contribution in [0.4, 0.5) is 0 Å². The van der Waals surface area contributed by atoms with Gasteiger partial charge in [-0.25, -0.2) is 0 Å². The predicted molar refractivity (Wildman–Crippen MR) is 92.0 cm³/mol. The Balaban J connectivity index is 1.59. The molecule has 0 spiro atoms. The molecule has 2 heteroatoms. The Morgan fingerprint density at radius 2 is 1.73 bits per heavy atom. The largest absolute Gasteiger partial charge is 0.493 e. The van der Waals surface area contributed by atoms with Gasteiger partial charge in [0.2, 0.25) is 0 Å². The van der Waals surface area contributed by atoms with Crippen LogP contribution < -0.4 is 10.1 Å². The molecule has 2 N–H and O–H groups in total. The van der Waals surface area contributed by atoms with Gasteiger partial charge < -0.3 is 10.1 Å². The Morgan fingerprint density at radius 3 is 2.55 bits per heavy atom. The van der Waals surface area contributed by atoms with Crippen molar-refractivity contribution in [1.82, 2.24) is 0 Å². The smallest absolute Gasteiger partial charge is 0.122 e. The molecule has 0 aromatic heterocycles. The lowest BCUT2D eigenvalue weighted by Gasteiger charge is -2.10. The average molecular weight is 296 g/mol. The van der Waals surface area contributed by atoms with E-state index in [9.17, 15) is 0 Å². The summed E-state index contributed by atoms with van der Waals surface area (Å²) in [5.41, 5.74) is 2.60. The number of para-hydroxylation sites is 1. The van der Waals surface area contributed by atoms with Crippen LogP contribution in [0.25, 0.3) is 0 Å². The molecule has 0 radical (unpaired) electrons. The van der Waals surface area contributed by atoms with Gasteiger partial charge in [-0.15, -0.1) is 6.58 Å². The van der Waals surface area contributed by atoms with Crippen LogP contribution >= 0.6 is 0 Å². The SMILES string of the molecule is C=CCc1ccccc1OCCCC[NH2+]Cc1ccccc1. The van der Waals surface area contributed by atoms with E-state index in [1.54, 1.807) is 0 Å². The van der Waals surface area contributed by atoms with Crippen LogP contribution in [-0.2, 0) is 13.0 Å². The highest BCUT2D eigenvalue weighted by atomic mass is 16.5. The number of benzene rings is 2. The number of nitrogens with two attached hydrogens (primary N) is 1. The fraction of sp³-hybridized carbons (Fsp3) is 0.300. The van der Waals surface area contributed by atoms with Crippen molar-refractivity contribution in [2.24, 2.45) is 0 Å². The van der Waals surface area contributed by atoms with Gasteiger partial charge in [0.25, 0.3) is 0 Å². The van der Waals surface area contributed by atoms with E-state index in [1.807, 2.05) is 24.3 Å². The number of hydrogen-bond acceptors (Lipinski definition) is 1. The zero-order chi connectivity index (χ0) is 15.5. The number of rotatable bonds is 10. The summed E-state index contributed by atoms with van der Waals surface area (Å²) in [5, 5.41) is 2.36. The minimum Gasteiger partial charge on any atom is -0.493 e. The Morgan fingerprint density at radius 1 is 0.955 bits per heavy atom. The van der Waals surface area contributed by atoms with Crippen molar-refractivity contribution < 1.29 is 10.1 Å². The molecular formula is C20H26NO+. The summed E-state index contributed by atoms with van der Waals surface area (Å²) >= 11 is 0. The summed E-state index contributed by atoms with van der Waals surface area (Å²) in [6.45, 7) is 6.78. The van der Waals surface area contributed by atoms with E-state index in [0.29, 0.717) is 0 Å². The lowest BCUT2D eigenvalue weighted by atomic mass is 10.1. The highest BCUT2D eigenvalue weighted by molar-refractivity contribution is 5.34. The Labute approximate surface area is 133 Å². The van der Waals surface area contributed by atoms with Crippen molar-refractivity contribution in [3.8, 4) is 5.75 Å². The molecule has 0 aliphatic rings. The second-order valence-electron chi connectivity index (χ2n) is 5.42. The number of ether oxygens (including phenoxy) is 1. The maximum atomic E-state index is 5.89. The maximum absolute atomic E-state index is 5.89. The fourth-order valence-electron chi connectivity index (χ4n) is 2.42. The molecule has 0 unspecified atom stereocenters. The number of quaternary nitrogens is 1. The third-order valence-corrected chi connectivity index (χ3v) is 3.62. The highest BCUT2D eigenvalue weighted by Gasteiger charge is 2.01. The molecule has 0 aliphatic heterocycles. The second-order valence-corrected chi connectivity index (χ2v) is 5.42. The molecular weight excluding hydrogens is 270 g/mol. The molecule has 2 aromatic carbocycles. The highest BCUT2D eigenvalue weighted by Crippen LogP contribution is 2.18. The van der Waals surface area contributed by atoms with E-state index in [4.69, 9.17) is 4.74 Å². The number of allylic oxidation sites excluding steroid dienone is 1. The fourth-order valence-corrected chi connectivity index (χ4v) is 2.42. The summed E-state index contributed by atoms with van der Waals surface area (Å²) < 4.78 is 5.89. The first-order chi connectivity index (χ1) is 10.9. The lowest BCUT2D eigenvalue weighted by Crippen LogP contribution is -2.82. The van der Waals surface area contributed by atoms with Gasteiger partial charge >= 0.3 is 0 Å². The zero-order valence-electron chi connectivity index (χ0n) is 13.2. The van der Waals surface area contributed by atoms with Gasteiger partial charge in [0, 0.05) is 5.56 Å². The van der Waals surface area contributed by atoms with Gasteiger partial charge in [-0.05, 0) is 30.9 Å². The standard InChI is InChI=1S/C20H25NO/c1-2-10-19-13-6-7-14-20(19)22-16-9-8-15-21-17-18-11-4-3-5-12-18/h2-7,11-14,21H,1,8-10,15-17H2/p+1. The summed E-state index contributed by atoms with van der Waals surface area (Å²) in [5.74, 6) is 0.996. The normalized spacial score (nSPS) is 10.4. The molecule has 116 valence electrons. The maximum Gasteiger partial charge on any atom is 0.122 e. The molecule has 2 nitrogen and oxygen atoms in total. The molecule has 2 rings (SSSR count). The Bertz CT molecular complexity index is 551. The van der Waals surface area contributed by atoms with Gasteiger partial charge in [0.05, 0.1) is 13.2 Å². The molecule has 0 saturated heterocycles. The van der Waals surface area contributed by atoms with Crippen LogP contribution in [0.3, 0.4) is 0 Å². The van der Waals surface area contributed by atoms with Crippen LogP contribution in [-0.4, -0.2) is 13.2 Å². The minimum absolute atomic E-state index is 0.785. The lowest BCUT2D eigenvalue weighted by molar-refractivity contribution is -0.671.